The number of aromatic nitrogens is 1. The van der Waals surface area contributed by atoms with Crippen LogP contribution in [0.3, 0.4) is 0 Å². The summed E-state index contributed by atoms with van der Waals surface area (Å²) in [7, 11) is 0. The van der Waals surface area contributed by atoms with Crippen LogP contribution in [0.2, 0.25) is 4.34 Å². The fourth-order valence-corrected chi connectivity index (χ4v) is 4.74. The van der Waals surface area contributed by atoms with Gasteiger partial charge >= 0.3 is 0 Å². The zero-order valence-electron chi connectivity index (χ0n) is 14.6. The first-order chi connectivity index (χ1) is 12.5. The van der Waals surface area contributed by atoms with Gasteiger partial charge in [-0.05, 0) is 38.1 Å². The summed E-state index contributed by atoms with van der Waals surface area (Å²) in [5.41, 5.74) is 0.310. The Hall–Kier alpha value is -1.54. The van der Waals surface area contributed by atoms with Crippen LogP contribution in [0.1, 0.15) is 23.5 Å². The third-order valence-electron chi connectivity index (χ3n) is 4.31. The molecule has 1 amide bonds. The molecule has 0 aliphatic carbocycles. The van der Waals surface area contributed by atoms with Crippen LogP contribution in [0, 0.1) is 5.82 Å². The molecule has 1 N–H and O–H groups in total. The van der Waals surface area contributed by atoms with Gasteiger partial charge in [-0.3, -0.25) is 9.69 Å². The molecule has 138 valence electrons. The van der Waals surface area contributed by atoms with Crippen molar-refractivity contribution in [1.29, 1.82) is 0 Å². The van der Waals surface area contributed by atoms with Crippen molar-refractivity contribution < 1.29 is 14.1 Å². The van der Waals surface area contributed by atoms with Crippen LogP contribution in [0.15, 0.2) is 30.3 Å². The highest BCUT2D eigenvalue weighted by molar-refractivity contribution is 7.22. The number of nitrogens with one attached hydrogen (secondary N) is 1. The molecule has 1 aromatic carbocycles. The molecule has 2 aromatic heterocycles. The molecule has 8 heteroatoms. The standard InChI is InChI=1S/C18H19ClFN3OS2/c1-3-22(4-2)10-11-23(17(24)14-8-9-15(19)25-14)18-21-16-12(20)6-5-7-13(16)26-18/h5-9H,3-4,10-11H2,1-2H3/p+1. The van der Waals surface area contributed by atoms with Crippen molar-refractivity contribution in [3.8, 4) is 0 Å². The maximum atomic E-state index is 14.0. The minimum absolute atomic E-state index is 0.145. The molecule has 0 saturated carbocycles. The summed E-state index contributed by atoms with van der Waals surface area (Å²) in [5, 5.41) is 0.520. The number of benzene rings is 1. The van der Waals surface area contributed by atoms with Gasteiger partial charge in [-0.1, -0.05) is 29.0 Å². The van der Waals surface area contributed by atoms with E-state index >= 15 is 0 Å². The Kier molecular flexibility index (Phi) is 6.24. The Morgan fingerprint density at radius 1 is 1.23 bits per heavy atom. The number of hydrogen-bond donors (Lipinski definition) is 1. The van der Waals surface area contributed by atoms with Crippen molar-refractivity contribution in [3.05, 3.63) is 45.4 Å². The number of quaternary nitrogens is 1. The third kappa shape index (κ3) is 4.06. The van der Waals surface area contributed by atoms with Crippen molar-refractivity contribution >= 4 is 55.5 Å². The van der Waals surface area contributed by atoms with E-state index in [1.54, 1.807) is 23.1 Å². The molecule has 0 saturated heterocycles. The number of para-hydroxylation sites is 1. The number of anilines is 1. The van der Waals surface area contributed by atoms with Crippen LogP contribution in [0.4, 0.5) is 9.52 Å². The van der Waals surface area contributed by atoms with E-state index in [9.17, 15) is 9.18 Å². The van der Waals surface area contributed by atoms with Gasteiger partial charge in [0.15, 0.2) is 5.13 Å². The smallest absolute Gasteiger partial charge is 0.270 e. The Morgan fingerprint density at radius 3 is 2.62 bits per heavy atom. The van der Waals surface area contributed by atoms with Gasteiger partial charge < -0.3 is 4.90 Å². The van der Waals surface area contributed by atoms with E-state index in [1.165, 1.54) is 33.6 Å². The number of amides is 1. The number of halogens is 2. The van der Waals surface area contributed by atoms with Gasteiger partial charge in [0.05, 0.1) is 40.1 Å². The lowest BCUT2D eigenvalue weighted by atomic mass is 10.3. The molecule has 0 unspecified atom stereocenters. The molecule has 26 heavy (non-hydrogen) atoms. The molecule has 0 aliphatic heterocycles. The lowest BCUT2D eigenvalue weighted by molar-refractivity contribution is -0.894. The summed E-state index contributed by atoms with van der Waals surface area (Å²) in [6.45, 7) is 7.53. The fourth-order valence-electron chi connectivity index (χ4n) is 2.74. The predicted octanol–water partition coefficient (Wildman–Crippen LogP) is 3.72. The summed E-state index contributed by atoms with van der Waals surface area (Å²) in [4.78, 5) is 21.1. The van der Waals surface area contributed by atoms with Gasteiger partial charge in [0.25, 0.3) is 5.91 Å². The molecule has 0 radical (unpaired) electrons. The Balaban J connectivity index is 1.95. The first kappa shape index (κ1) is 19.2. The summed E-state index contributed by atoms with van der Waals surface area (Å²) in [6, 6.07) is 8.30. The molecule has 0 fully saturated rings. The summed E-state index contributed by atoms with van der Waals surface area (Å²) >= 11 is 8.57. The zero-order valence-corrected chi connectivity index (χ0v) is 17.0. The predicted molar refractivity (Wildman–Crippen MR) is 107 cm³/mol. The molecule has 3 aromatic rings. The van der Waals surface area contributed by atoms with Gasteiger partial charge in [0.2, 0.25) is 0 Å². The topological polar surface area (TPSA) is 37.6 Å². The van der Waals surface area contributed by atoms with E-state index in [2.05, 4.69) is 18.8 Å². The number of carbonyl (C=O) groups is 1. The number of thiazole rings is 1. The van der Waals surface area contributed by atoms with Crippen molar-refractivity contribution in [2.45, 2.75) is 13.8 Å². The second-order valence-corrected chi connectivity index (χ2v) is 8.57. The van der Waals surface area contributed by atoms with E-state index in [0.29, 0.717) is 26.4 Å². The number of fused-ring (bicyclic) bond motifs is 1. The lowest BCUT2D eigenvalue weighted by Crippen LogP contribution is -3.12. The van der Waals surface area contributed by atoms with Gasteiger partial charge in [0.1, 0.15) is 11.3 Å². The van der Waals surface area contributed by atoms with Gasteiger partial charge in [-0.15, -0.1) is 11.3 Å². The number of likely N-dealkylation sites (N-methyl/N-ethyl adjacent to an activating group) is 1. The van der Waals surface area contributed by atoms with Crippen LogP contribution < -0.4 is 9.80 Å². The van der Waals surface area contributed by atoms with Crippen LogP contribution in [0.5, 0.6) is 0 Å². The highest BCUT2D eigenvalue weighted by Gasteiger charge is 2.24. The molecule has 2 heterocycles. The maximum Gasteiger partial charge on any atom is 0.270 e. The Morgan fingerprint density at radius 2 is 2.00 bits per heavy atom. The molecule has 0 spiro atoms. The second-order valence-electron chi connectivity index (χ2n) is 5.85. The minimum atomic E-state index is -0.370. The number of hydrogen-bond acceptors (Lipinski definition) is 4. The third-order valence-corrected chi connectivity index (χ3v) is 6.57. The van der Waals surface area contributed by atoms with E-state index in [0.717, 1.165) is 24.3 Å². The Labute approximate surface area is 164 Å². The first-order valence-corrected chi connectivity index (χ1v) is 10.5. The van der Waals surface area contributed by atoms with E-state index in [1.807, 2.05) is 6.07 Å². The number of nitrogens with zero attached hydrogens (tertiary/aromatic N) is 2. The van der Waals surface area contributed by atoms with E-state index in [-0.39, 0.29) is 11.7 Å². The lowest BCUT2D eigenvalue weighted by Gasteiger charge is -2.22. The van der Waals surface area contributed by atoms with Crippen LogP contribution >= 0.6 is 34.3 Å². The minimum Gasteiger partial charge on any atom is -0.334 e. The summed E-state index contributed by atoms with van der Waals surface area (Å²) in [6.07, 6.45) is 0. The summed E-state index contributed by atoms with van der Waals surface area (Å²) < 4.78 is 15.3. The van der Waals surface area contributed by atoms with Crippen molar-refractivity contribution in [1.82, 2.24) is 4.98 Å². The van der Waals surface area contributed by atoms with Crippen molar-refractivity contribution in [2.24, 2.45) is 0 Å². The second kappa shape index (κ2) is 8.43. The van der Waals surface area contributed by atoms with Crippen molar-refractivity contribution in [2.75, 3.05) is 31.1 Å². The number of rotatable bonds is 7. The van der Waals surface area contributed by atoms with Crippen LogP contribution in [-0.4, -0.2) is 37.1 Å². The fraction of sp³-hybridized carbons (Fsp3) is 0.333. The van der Waals surface area contributed by atoms with Crippen molar-refractivity contribution in [3.63, 3.8) is 0 Å². The van der Waals surface area contributed by atoms with Gasteiger partial charge in [0, 0.05) is 0 Å². The van der Waals surface area contributed by atoms with Crippen LogP contribution in [0.25, 0.3) is 10.2 Å². The van der Waals surface area contributed by atoms with Gasteiger partial charge in [-0.2, -0.15) is 0 Å². The quantitative estimate of drug-likeness (QED) is 0.642. The van der Waals surface area contributed by atoms with Gasteiger partial charge in [-0.25, -0.2) is 9.37 Å². The molecular formula is C18H20ClFN3OS2+. The maximum absolute atomic E-state index is 14.0. The molecule has 4 nitrogen and oxygen atoms in total. The normalized spacial score (nSPS) is 11.4. The Bertz CT molecular complexity index is 907. The van der Waals surface area contributed by atoms with Crippen LogP contribution in [-0.2, 0) is 0 Å². The highest BCUT2D eigenvalue weighted by Crippen LogP contribution is 2.32. The molecular weight excluding hydrogens is 393 g/mol. The zero-order chi connectivity index (χ0) is 18.7. The first-order valence-electron chi connectivity index (χ1n) is 8.49. The van der Waals surface area contributed by atoms with E-state index < -0.39 is 0 Å². The van der Waals surface area contributed by atoms with E-state index in [4.69, 9.17) is 11.6 Å². The molecule has 0 atom stereocenters. The molecule has 0 aliphatic rings. The molecule has 0 bridgehead atoms. The SMILES string of the molecule is CC[NH+](CC)CCN(C(=O)c1ccc(Cl)s1)c1nc2c(F)cccc2s1. The number of thiophene rings is 1. The highest BCUT2D eigenvalue weighted by atomic mass is 35.5. The monoisotopic (exact) mass is 412 g/mol. The largest absolute Gasteiger partial charge is 0.334 e. The average molecular weight is 413 g/mol. The summed E-state index contributed by atoms with van der Waals surface area (Å²) in [5.74, 6) is -0.515. The number of carbonyl (C=O) groups excluding carboxylic acids is 1. The molecule has 3 rings (SSSR count). The average Bonchev–Trinajstić information content (AvgIpc) is 3.25.